The largest absolute Gasteiger partial charge is 0.455 e. The smallest absolute Gasteiger partial charge is 0.309 e. The molecule has 0 aromatic heterocycles. The van der Waals surface area contributed by atoms with Crippen LogP contribution in [0, 0.1) is 5.92 Å². The molecule has 0 radical (unpaired) electrons. The van der Waals surface area contributed by atoms with Gasteiger partial charge in [-0.3, -0.25) is 9.59 Å². The third-order valence-electron chi connectivity index (χ3n) is 4.21. The Balaban J connectivity index is 1.92. The summed E-state index contributed by atoms with van der Waals surface area (Å²) in [5.74, 6) is -0.661. The molecule has 0 saturated carbocycles. The minimum absolute atomic E-state index is 0.109. The molecule has 1 aliphatic carbocycles. The summed E-state index contributed by atoms with van der Waals surface area (Å²) >= 11 is 0. The summed E-state index contributed by atoms with van der Waals surface area (Å²) in [6.07, 6.45) is 8.17. The highest BCUT2D eigenvalue weighted by Crippen LogP contribution is 2.23. The molecule has 23 heavy (non-hydrogen) atoms. The Labute approximate surface area is 137 Å². The molecule has 1 aromatic rings. The van der Waals surface area contributed by atoms with Crippen molar-refractivity contribution < 1.29 is 14.3 Å². The van der Waals surface area contributed by atoms with E-state index in [1.165, 1.54) is 0 Å². The molecular formula is C19H25NO3. The standard InChI is InChI=1S/C19H25NO3/c1-3-14-11-8-12-15(4-2)18(14)20-17(21)13-23-19(22)16-9-6-5-7-10-16/h5-6,8,11-12,16H,3-4,7,9-10,13H2,1-2H3,(H,20,21)/t16-/m0/s1. The van der Waals surface area contributed by atoms with Crippen LogP contribution in [0.3, 0.4) is 0 Å². The fraction of sp³-hybridized carbons (Fsp3) is 0.474. The van der Waals surface area contributed by atoms with Crippen LogP contribution in [0.15, 0.2) is 30.4 Å². The van der Waals surface area contributed by atoms with Gasteiger partial charge in [-0.2, -0.15) is 0 Å². The first-order valence-corrected chi connectivity index (χ1v) is 8.37. The van der Waals surface area contributed by atoms with Gasteiger partial charge in [-0.1, -0.05) is 44.2 Å². The molecule has 2 rings (SSSR count). The Morgan fingerprint density at radius 3 is 2.43 bits per heavy atom. The summed E-state index contributed by atoms with van der Waals surface area (Å²) < 4.78 is 5.18. The highest BCUT2D eigenvalue weighted by atomic mass is 16.5. The number of aryl methyl sites for hydroxylation is 2. The van der Waals surface area contributed by atoms with E-state index >= 15 is 0 Å². The van der Waals surface area contributed by atoms with Crippen molar-refractivity contribution in [3.05, 3.63) is 41.5 Å². The second-order valence-electron chi connectivity index (χ2n) is 5.80. The van der Waals surface area contributed by atoms with Crippen LogP contribution >= 0.6 is 0 Å². The van der Waals surface area contributed by atoms with Crippen LogP contribution in [-0.2, 0) is 27.2 Å². The molecule has 0 fully saturated rings. The Morgan fingerprint density at radius 1 is 1.17 bits per heavy atom. The Kier molecular flexibility index (Phi) is 6.39. The summed E-state index contributed by atoms with van der Waals surface area (Å²) in [6.45, 7) is 3.89. The van der Waals surface area contributed by atoms with Crippen molar-refractivity contribution in [1.29, 1.82) is 0 Å². The Hall–Kier alpha value is -2.10. The number of ether oxygens (including phenoxy) is 1. The van der Waals surface area contributed by atoms with Crippen molar-refractivity contribution in [3.63, 3.8) is 0 Å². The number of esters is 1. The zero-order valence-electron chi connectivity index (χ0n) is 13.9. The lowest BCUT2D eigenvalue weighted by Crippen LogP contribution is -2.26. The lowest BCUT2D eigenvalue weighted by molar-refractivity contribution is -0.151. The first-order chi connectivity index (χ1) is 11.2. The molecule has 0 saturated heterocycles. The van der Waals surface area contributed by atoms with E-state index in [0.717, 1.165) is 42.5 Å². The van der Waals surface area contributed by atoms with Crippen LogP contribution in [0.4, 0.5) is 5.69 Å². The number of rotatable bonds is 6. The van der Waals surface area contributed by atoms with Gasteiger partial charge in [-0.05, 0) is 43.2 Å². The lowest BCUT2D eigenvalue weighted by Gasteiger charge is -2.17. The maximum Gasteiger partial charge on any atom is 0.309 e. The number of nitrogens with one attached hydrogen (secondary N) is 1. The van der Waals surface area contributed by atoms with E-state index in [4.69, 9.17) is 4.74 Å². The SMILES string of the molecule is CCc1cccc(CC)c1NC(=O)COC(=O)[C@H]1CC=CCC1. The molecular weight excluding hydrogens is 290 g/mol. The molecule has 124 valence electrons. The van der Waals surface area contributed by atoms with Gasteiger partial charge in [0.2, 0.25) is 0 Å². The highest BCUT2D eigenvalue weighted by Gasteiger charge is 2.21. The summed E-state index contributed by atoms with van der Waals surface area (Å²) in [6, 6.07) is 6.02. The summed E-state index contributed by atoms with van der Waals surface area (Å²) in [5, 5.41) is 2.91. The van der Waals surface area contributed by atoms with Gasteiger partial charge in [0, 0.05) is 5.69 Å². The highest BCUT2D eigenvalue weighted by molar-refractivity contribution is 5.94. The van der Waals surface area contributed by atoms with E-state index in [2.05, 4.69) is 25.2 Å². The summed E-state index contributed by atoms with van der Waals surface area (Å²) in [7, 11) is 0. The molecule has 1 N–H and O–H groups in total. The quantitative estimate of drug-likeness (QED) is 0.644. The molecule has 0 unspecified atom stereocenters. The predicted molar refractivity (Wildman–Crippen MR) is 91.3 cm³/mol. The van der Waals surface area contributed by atoms with Gasteiger partial charge in [0.15, 0.2) is 6.61 Å². The maximum atomic E-state index is 12.1. The predicted octanol–water partition coefficient (Wildman–Crippen LogP) is 3.65. The monoisotopic (exact) mass is 315 g/mol. The molecule has 4 heteroatoms. The average molecular weight is 315 g/mol. The van der Waals surface area contributed by atoms with Gasteiger partial charge in [0.05, 0.1) is 5.92 Å². The molecule has 1 amide bonds. The second kappa shape index (κ2) is 8.51. The van der Waals surface area contributed by atoms with Crippen LogP contribution in [0.1, 0.15) is 44.2 Å². The molecule has 1 aliphatic rings. The van der Waals surface area contributed by atoms with Crippen molar-refractivity contribution >= 4 is 17.6 Å². The fourth-order valence-electron chi connectivity index (χ4n) is 2.84. The number of para-hydroxylation sites is 1. The number of hydrogen-bond acceptors (Lipinski definition) is 3. The van der Waals surface area contributed by atoms with E-state index in [1.807, 2.05) is 24.3 Å². The molecule has 0 aliphatic heterocycles. The van der Waals surface area contributed by atoms with E-state index in [0.29, 0.717) is 6.42 Å². The van der Waals surface area contributed by atoms with Crippen LogP contribution in [0.2, 0.25) is 0 Å². The van der Waals surface area contributed by atoms with Gasteiger partial charge in [-0.25, -0.2) is 0 Å². The molecule has 0 spiro atoms. The Bertz CT molecular complexity index is 570. The van der Waals surface area contributed by atoms with Crippen molar-refractivity contribution in [2.24, 2.45) is 5.92 Å². The third-order valence-corrected chi connectivity index (χ3v) is 4.21. The van der Waals surface area contributed by atoms with E-state index in [9.17, 15) is 9.59 Å². The van der Waals surface area contributed by atoms with Crippen LogP contribution in [-0.4, -0.2) is 18.5 Å². The number of allylic oxidation sites excluding steroid dienone is 2. The molecule has 1 aromatic carbocycles. The lowest BCUT2D eigenvalue weighted by atomic mass is 9.95. The third kappa shape index (κ3) is 4.68. The summed E-state index contributed by atoms with van der Waals surface area (Å²) in [4.78, 5) is 24.1. The van der Waals surface area contributed by atoms with Crippen LogP contribution in [0.5, 0.6) is 0 Å². The fourth-order valence-corrected chi connectivity index (χ4v) is 2.84. The van der Waals surface area contributed by atoms with Gasteiger partial charge in [-0.15, -0.1) is 0 Å². The Morgan fingerprint density at radius 2 is 1.87 bits per heavy atom. The molecule has 0 heterocycles. The summed E-state index contributed by atoms with van der Waals surface area (Å²) in [5.41, 5.74) is 3.06. The van der Waals surface area contributed by atoms with Crippen molar-refractivity contribution in [2.75, 3.05) is 11.9 Å². The van der Waals surface area contributed by atoms with E-state index in [1.54, 1.807) is 0 Å². The van der Waals surface area contributed by atoms with Gasteiger partial charge in [0.1, 0.15) is 0 Å². The van der Waals surface area contributed by atoms with Crippen molar-refractivity contribution in [2.45, 2.75) is 46.0 Å². The number of hydrogen-bond donors (Lipinski definition) is 1. The number of carbonyl (C=O) groups excluding carboxylic acids is 2. The minimum atomic E-state index is -0.277. The van der Waals surface area contributed by atoms with Gasteiger partial charge in [0.25, 0.3) is 5.91 Å². The zero-order valence-corrected chi connectivity index (χ0v) is 13.9. The molecule has 4 nitrogen and oxygen atoms in total. The first kappa shape index (κ1) is 17.3. The molecule has 0 bridgehead atoms. The van der Waals surface area contributed by atoms with E-state index in [-0.39, 0.29) is 24.4 Å². The zero-order chi connectivity index (χ0) is 16.7. The number of anilines is 1. The minimum Gasteiger partial charge on any atom is -0.455 e. The van der Waals surface area contributed by atoms with E-state index < -0.39 is 0 Å². The van der Waals surface area contributed by atoms with Crippen LogP contribution < -0.4 is 5.32 Å². The van der Waals surface area contributed by atoms with Gasteiger partial charge >= 0.3 is 5.97 Å². The number of amides is 1. The average Bonchev–Trinajstić information content (AvgIpc) is 2.60. The number of benzene rings is 1. The normalized spacial score (nSPS) is 16.9. The number of carbonyl (C=O) groups is 2. The second-order valence-corrected chi connectivity index (χ2v) is 5.80. The van der Waals surface area contributed by atoms with Crippen LogP contribution in [0.25, 0.3) is 0 Å². The van der Waals surface area contributed by atoms with Gasteiger partial charge < -0.3 is 10.1 Å². The maximum absolute atomic E-state index is 12.1. The topological polar surface area (TPSA) is 55.4 Å². The molecule has 1 atom stereocenters. The first-order valence-electron chi connectivity index (χ1n) is 8.37. The van der Waals surface area contributed by atoms with Crippen molar-refractivity contribution in [1.82, 2.24) is 0 Å². The van der Waals surface area contributed by atoms with Crippen molar-refractivity contribution in [3.8, 4) is 0 Å².